The van der Waals surface area contributed by atoms with Crippen LogP contribution in [0.3, 0.4) is 0 Å². The lowest BCUT2D eigenvalue weighted by molar-refractivity contribution is -0.123. The van der Waals surface area contributed by atoms with Gasteiger partial charge >= 0.3 is 0 Å². The highest BCUT2D eigenvalue weighted by Gasteiger charge is 2.21. The molecule has 2 aromatic rings. The minimum absolute atomic E-state index is 0.0482. The van der Waals surface area contributed by atoms with Crippen molar-refractivity contribution in [3.8, 4) is 0 Å². The van der Waals surface area contributed by atoms with Crippen molar-refractivity contribution >= 4 is 34.7 Å². The number of hydrogen-bond donors (Lipinski definition) is 2. The molecule has 0 aliphatic heterocycles. The van der Waals surface area contributed by atoms with Gasteiger partial charge < -0.3 is 10.6 Å². The van der Waals surface area contributed by atoms with Crippen LogP contribution in [-0.2, 0) is 4.79 Å². The Morgan fingerprint density at radius 3 is 2.41 bits per heavy atom. The molecule has 1 aromatic heterocycles. The molecule has 0 radical (unpaired) electrons. The normalized spacial score (nSPS) is 11.1. The summed E-state index contributed by atoms with van der Waals surface area (Å²) in [6, 6.07) is 7.82. The summed E-state index contributed by atoms with van der Waals surface area (Å²) in [6.45, 7) is 5.49. The van der Waals surface area contributed by atoms with Gasteiger partial charge in [-0.3, -0.25) is 4.79 Å². The first kappa shape index (κ1) is 16.2. The second-order valence-electron chi connectivity index (χ2n) is 5.89. The Morgan fingerprint density at radius 1 is 1.18 bits per heavy atom. The monoisotopic (exact) mass is 321 g/mol. The highest BCUT2D eigenvalue weighted by molar-refractivity contribution is 6.31. The summed E-state index contributed by atoms with van der Waals surface area (Å²) in [5.41, 5.74) is 0.875. The lowest BCUT2D eigenvalue weighted by Crippen LogP contribution is -2.27. The minimum atomic E-state index is -0.483. The Labute approximate surface area is 133 Å². The molecule has 0 saturated heterocycles. The van der Waals surface area contributed by atoms with Crippen molar-refractivity contribution in [2.45, 2.75) is 20.8 Å². The second-order valence-corrected chi connectivity index (χ2v) is 6.30. The maximum Gasteiger partial charge on any atom is 0.230 e. The molecule has 1 amide bonds. The molecular formula is C16H17ClFN3O. The number of carbonyl (C=O) groups excluding carboxylic acids is 1. The first-order valence-corrected chi connectivity index (χ1v) is 7.13. The molecule has 0 aliphatic rings. The minimum Gasteiger partial charge on any atom is -0.354 e. The number of carbonyl (C=O) groups is 1. The fourth-order valence-electron chi connectivity index (χ4n) is 1.59. The second kappa shape index (κ2) is 6.32. The lowest BCUT2D eigenvalue weighted by Gasteiger charge is -2.17. The van der Waals surface area contributed by atoms with Crippen molar-refractivity contribution in [3.63, 3.8) is 0 Å². The van der Waals surface area contributed by atoms with E-state index in [0.29, 0.717) is 17.2 Å². The summed E-state index contributed by atoms with van der Waals surface area (Å²) in [6.07, 6.45) is 1.58. The molecule has 0 fully saturated rings. The molecule has 2 rings (SSSR count). The standard InChI is InChI=1S/C16H17ClFN3O/c1-16(2,3)15(22)21-14-7-5-11(9-19-14)20-10-4-6-13(18)12(17)8-10/h4-9,20H,1-3H3,(H,19,21,22). The van der Waals surface area contributed by atoms with Crippen molar-refractivity contribution in [2.24, 2.45) is 5.41 Å². The van der Waals surface area contributed by atoms with Gasteiger partial charge in [-0.25, -0.2) is 9.37 Å². The highest BCUT2D eigenvalue weighted by Crippen LogP contribution is 2.23. The van der Waals surface area contributed by atoms with E-state index in [1.54, 1.807) is 24.4 Å². The number of nitrogens with one attached hydrogen (secondary N) is 2. The van der Waals surface area contributed by atoms with Crippen LogP contribution in [0.1, 0.15) is 20.8 Å². The molecule has 0 atom stereocenters. The molecule has 1 heterocycles. The molecule has 116 valence electrons. The van der Waals surface area contributed by atoms with E-state index >= 15 is 0 Å². The molecule has 4 nitrogen and oxygen atoms in total. The van der Waals surface area contributed by atoms with E-state index in [-0.39, 0.29) is 10.9 Å². The van der Waals surface area contributed by atoms with Gasteiger partial charge in [0.2, 0.25) is 5.91 Å². The average molecular weight is 322 g/mol. The van der Waals surface area contributed by atoms with Crippen molar-refractivity contribution in [1.82, 2.24) is 4.98 Å². The Bertz CT molecular complexity index is 681. The zero-order valence-corrected chi connectivity index (χ0v) is 13.3. The number of hydrogen-bond acceptors (Lipinski definition) is 3. The van der Waals surface area contributed by atoms with Crippen LogP contribution in [-0.4, -0.2) is 10.9 Å². The summed E-state index contributed by atoms with van der Waals surface area (Å²) in [4.78, 5) is 16.0. The molecule has 2 N–H and O–H groups in total. The molecule has 1 aromatic carbocycles. The van der Waals surface area contributed by atoms with Gasteiger partial charge in [-0.2, -0.15) is 0 Å². The van der Waals surface area contributed by atoms with Crippen LogP contribution in [0, 0.1) is 11.2 Å². The van der Waals surface area contributed by atoms with Gasteiger partial charge in [0.05, 0.1) is 16.9 Å². The van der Waals surface area contributed by atoms with Crippen LogP contribution < -0.4 is 10.6 Å². The molecule has 0 bridgehead atoms. The Kier molecular flexibility index (Phi) is 4.66. The van der Waals surface area contributed by atoms with Gasteiger partial charge in [-0.1, -0.05) is 32.4 Å². The third-order valence-corrected chi connectivity index (χ3v) is 3.18. The van der Waals surface area contributed by atoms with Crippen LogP contribution in [0.25, 0.3) is 0 Å². The van der Waals surface area contributed by atoms with Gasteiger partial charge in [-0.05, 0) is 30.3 Å². The topological polar surface area (TPSA) is 54.0 Å². The van der Waals surface area contributed by atoms with E-state index in [9.17, 15) is 9.18 Å². The van der Waals surface area contributed by atoms with Gasteiger partial charge in [0.15, 0.2) is 0 Å². The van der Waals surface area contributed by atoms with Crippen molar-refractivity contribution in [3.05, 3.63) is 47.4 Å². The predicted octanol–water partition coefficient (Wildman–Crippen LogP) is 4.60. The highest BCUT2D eigenvalue weighted by atomic mass is 35.5. The van der Waals surface area contributed by atoms with Crippen molar-refractivity contribution in [2.75, 3.05) is 10.6 Å². The molecule has 0 unspecified atom stereocenters. The average Bonchev–Trinajstić information content (AvgIpc) is 2.44. The van der Waals surface area contributed by atoms with Gasteiger partial charge in [0.25, 0.3) is 0 Å². The number of rotatable bonds is 3. The van der Waals surface area contributed by atoms with Gasteiger partial charge in [0, 0.05) is 11.1 Å². The molecule has 0 spiro atoms. The summed E-state index contributed by atoms with van der Waals surface area (Å²) < 4.78 is 13.1. The van der Waals surface area contributed by atoms with Crippen LogP contribution >= 0.6 is 11.6 Å². The predicted molar refractivity (Wildman–Crippen MR) is 87.0 cm³/mol. The van der Waals surface area contributed by atoms with Crippen molar-refractivity contribution in [1.29, 1.82) is 0 Å². The maximum absolute atomic E-state index is 13.1. The van der Waals surface area contributed by atoms with E-state index in [4.69, 9.17) is 11.6 Å². The first-order chi connectivity index (χ1) is 10.3. The number of amides is 1. The van der Waals surface area contributed by atoms with Crippen LogP contribution in [0.2, 0.25) is 5.02 Å². The maximum atomic E-state index is 13.1. The largest absolute Gasteiger partial charge is 0.354 e. The number of anilines is 3. The van der Waals surface area contributed by atoms with E-state index in [0.717, 1.165) is 0 Å². The van der Waals surface area contributed by atoms with Crippen LogP contribution in [0.5, 0.6) is 0 Å². The summed E-state index contributed by atoms with van der Waals surface area (Å²) >= 11 is 5.73. The number of aromatic nitrogens is 1. The Morgan fingerprint density at radius 2 is 1.86 bits per heavy atom. The zero-order chi connectivity index (χ0) is 16.3. The van der Waals surface area contributed by atoms with E-state index in [1.807, 2.05) is 20.8 Å². The Hall–Kier alpha value is -2.14. The van der Waals surface area contributed by atoms with Crippen LogP contribution in [0.4, 0.5) is 21.6 Å². The zero-order valence-electron chi connectivity index (χ0n) is 12.6. The van der Waals surface area contributed by atoms with Gasteiger partial charge in [-0.15, -0.1) is 0 Å². The summed E-state index contributed by atoms with van der Waals surface area (Å²) in [5, 5.41) is 5.85. The summed E-state index contributed by atoms with van der Waals surface area (Å²) in [5.74, 6) is -0.0979. The fraction of sp³-hybridized carbons (Fsp3) is 0.250. The van der Waals surface area contributed by atoms with E-state index in [2.05, 4.69) is 15.6 Å². The quantitative estimate of drug-likeness (QED) is 0.868. The SMILES string of the molecule is CC(C)(C)C(=O)Nc1ccc(Nc2ccc(F)c(Cl)c2)cn1. The van der Waals surface area contributed by atoms with Crippen LogP contribution in [0.15, 0.2) is 36.5 Å². The molecule has 6 heteroatoms. The molecular weight excluding hydrogens is 305 g/mol. The number of halogens is 2. The smallest absolute Gasteiger partial charge is 0.230 e. The number of nitrogens with zero attached hydrogens (tertiary/aromatic N) is 1. The fourth-order valence-corrected chi connectivity index (χ4v) is 1.77. The first-order valence-electron chi connectivity index (χ1n) is 6.75. The summed E-state index contributed by atoms with van der Waals surface area (Å²) in [7, 11) is 0. The third kappa shape index (κ3) is 4.18. The third-order valence-electron chi connectivity index (χ3n) is 2.89. The molecule has 0 saturated carbocycles. The Balaban J connectivity index is 2.06. The molecule has 22 heavy (non-hydrogen) atoms. The lowest BCUT2D eigenvalue weighted by atomic mass is 9.96. The molecule has 0 aliphatic carbocycles. The van der Waals surface area contributed by atoms with Gasteiger partial charge in [0.1, 0.15) is 11.6 Å². The van der Waals surface area contributed by atoms with Crippen molar-refractivity contribution < 1.29 is 9.18 Å². The van der Waals surface area contributed by atoms with E-state index < -0.39 is 11.2 Å². The number of pyridine rings is 1. The number of benzene rings is 1. The van der Waals surface area contributed by atoms with E-state index in [1.165, 1.54) is 12.1 Å².